The minimum absolute atomic E-state index is 0.236. The smallest absolute Gasteiger partial charge is 0.220 e. The fourth-order valence-electron chi connectivity index (χ4n) is 11.6. The van der Waals surface area contributed by atoms with Crippen LogP contribution in [-0.4, -0.2) is 140 Å². The van der Waals surface area contributed by atoms with Crippen LogP contribution in [0.2, 0.25) is 0 Å². The molecule has 14 nitrogen and oxygen atoms in total. The van der Waals surface area contributed by atoms with Gasteiger partial charge < -0.3 is 65.1 Å². The Morgan fingerprint density at radius 2 is 0.802 bits per heavy atom. The minimum Gasteiger partial charge on any atom is -0.394 e. The van der Waals surface area contributed by atoms with E-state index < -0.39 is 86.8 Å². The molecule has 86 heavy (non-hydrogen) atoms. The Morgan fingerprint density at radius 1 is 0.430 bits per heavy atom. The molecule has 0 radical (unpaired) electrons. The highest BCUT2D eigenvalue weighted by Crippen LogP contribution is 2.30. The zero-order valence-corrected chi connectivity index (χ0v) is 54.6. The molecule has 2 rings (SSSR count). The van der Waals surface area contributed by atoms with E-state index in [0.29, 0.717) is 6.42 Å². The van der Waals surface area contributed by atoms with E-state index in [9.17, 15) is 45.6 Å². The van der Waals surface area contributed by atoms with Crippen molar-refractivity contribution in [1.29, 1.82) is 0 Å². The molecular formula is C72H131NO13. The van der Waals surface area contributed by atoms with Gasteiger partial charge >= 0.3 is 0 Å². The number of carbonyl (C=O) groups is 1. The molecule has 2 fully saturated rings. The van der Waals surface area contributed by atoms with Crippen molar-refractivity contribution in [2.24, 2.45) is 0 Å². The number of nitrogens with one attached hydrogen (secondary N) is 1. The Balaban J connectivity index is 1.66. The fraction of sp³-hybridized carbons (Fsp3) is 0.847. The summed E-state index contributed by atoms with van der Waals surface area (Å²) in [7, 11) is 0. The van der Waals surface area contributed by atoms with Crippen LogP contribution in [0.25, 0.3) is 0 Å². The Morgan fingerprint density at radius 3 is 1.23 bits per heavy atom. The molecule has 0 saturated carbocycles. The summed E-state index contributed by atoms with van der Waals surface area (Å²) in [6, 6.07) is -0.916. The second-order valence-electron chi connectivity index (χ2n) is 25.0. The number of aliphatic hydroxyl groups is 8. The molecule has 2 saturated heterocycles. The van der Waals surface area contributed by atoms with E-state index in [0.717, 1.165) is 64.2 Å². The number of aliphatic hydroxyl groups excluding tert-OH is 8. The molecule has 0 aromatic rings. The van der Waals surface area contributed by atoms with Crippen LogP contribution in [0.15, 0.2) is 60.8 Å². The zero-order chi connectivity index (χ0) is 62.3. The molecule has 12 unspecified atom stereocenters. The summed E-state index contributed by atoms with van der Waals surface area (Å²) in [6.07, 6.45) is 58.4. The van der Waals surface area contributed by atoms with Crippen molar-refractivity contribution in [3.63, 3.8) is 0 Å². The molecule has 0 aromatic heterocycles. The van der Waals surface area contributed by atoms with Gasteiger partial charge in [0, 0.05) is 6.42 Å². The Labute approximate surface area is 524 Å². The van der Waals surface area contributed by atoms with E-state index >= 15 is 0 Å². The number of carbonyl (C=O) groups excluding carboxylic acids is 1. The highest BCUT2D eigenvalue weighted by molar-refractivity contribution is 5.76. The molecule has 1 amide bonds. The number of hydrogen-bond acceptors (Lipinski definition) is 13. The molecule has 9 N–H and O–H groups in total. The predicted octanol–water partition coefficient (Wildman–Crippen LogP) is 14.5. The fourth-order valence-corrected chi connectivity index (χ4v) is 11.6. The zero-order valence-electron chi connectivity index (χ0n) is 54.6. The van der Waals surface area contributed by atoms with Crippen molar-refractivity contribution in [2.75, 3.05) is 19.8 Å². The van der Waals surface area contributed by atoms with E-state index in [1.807, 2.05) is 6.08 Å². The maximum atomic E-state index is 13.3. The number of unbranched alkanes of at least 4 members (excludes halogenated alkanes) is 37. The summed E-state index contributed by atoms with van der Waals surface area (Å²) < 4.78 is 22.9. The second-order valence-corrected chi connectivity index (χ2v) is 25.0. The Bertz CT molecular complexity index is 1670. The van der Waals surface area contributed by atoms with Gasteiger partial charge in [-0.1, -0.05) is 293 Å². The van der Waals surface area contributed by atoms with Gasteiger partial charge in [-0.15, -0.1) is 0 Å². The molecule has 0 aromatic carbocycles. The summed E-state index contributed by atoms with van der Waals surface area (Å²) >= 11 is 0. The third-order valence-corrected chi connectivity index (χ3v) is 17.2. The van der Waals surface area contributed by atoms with Crippen molar-refractivity contribution < 1.29 is 64.6 Å². The molecule has 0 spiro atoms. The topological polar surface area (TPSA) is 228 Å². The molecule has 2 aliphatic rings. The van der Waals surface area contributed by atoms with Crippen LogP contribution in [0.1, 0.15) is 296 Å². The number of allylic oxidation sites excluding steroid dienone is 9. The maximum absolute atomic E-state index is 13.3. The van der Waals surface area contributed by atoms with Gasteiger partial charge in [0.2, 0.25) is 5.91 Å². The molecular weight excluding hydrogens is 1090 g/mol. The molecule has 0 bridgehead atoms. The van der Waals surface area contributed by atoms with E-state index in [1.54, 1.807) is 6.08 Å². The third kappa shape index (κ3) is 40.4. The highest BCUT2D eigenvalue weighted by atomic mass is 16.7. The quantitative estimate of drug-likeness (QED) is 0.0204. The van der Waals surface area contributed by atoms with E-state index in [1.165, 1.54) is 205 Å². The first kappa shape index (κ1) is 79.8. The summed E-state index contributed by atoms with van der Waals surface area (Å²) in [5.41, 5.74) is 0. The van der Waals surface area contributed by atoms with E-state index in [2.05, 4.69) is 67.8 Å². The SMILES string of the molecule is CC/C=C\C/C=C\C/C=C\C/C=C\CCCCCCCCCCCCCCCCCCCCC(=O)NC(COC1OC(CO)C(OC2OC(CO)C(O)C(O)C2O)C(O)C1O)C(O)/C=C/CCCCCCCCCCCCCCCCCCCCC. The first-order chi connectivity index (χ1) is 42.1. The lowest BCUT2D eigenvalue weighted by molar-refractivity contribution is -0.359. The molecule has 2 heterocycles. The average molecular weight is 1220 g/mol. The lowest BCUT2D eigenvalue weighted by atomic mass is 9.97. The average Bonchev–Trinajstić information content (AvgIpc) is 2.54. The summed E-state index contributed by atoms with van der Waals surface area (Å²) in [5, 5.41) is 87.5. The van der Waals surface area contributed by atoms with E-state index in [-0.39, 0.29) is 18.9 Å². The third-order valence-electron chi connectivity index (χ3n) is 17.2. The van der Waals surface area contributed by atoms with Gasteiger partial charge in [0.1, 0.15) is 48.8 Å². The molecule has 12 atom stereocenters. The van der Waals surface area contributed by atoms with Gasteiger partial charge in [0.15, 0.2) is 12.6 Å². The largest absolute Gasteiger partial charge is 0.394 e. The van der Waals surface area contributed by atoms with Gasteiger partial charge in [-0.2, -0.15) is 0 Å². The molecule has 0 aliphatic carbocycles. The maximum Gasteiger partial charge on any atom is 0.220 e. The summed E-state index contributed by atoms with van der Waals surface area (Å²) in [4.78, 5) is 13.3. The van der Waals surface area contributed by atoms with Crippen LogP contribution >= 0.6 is 0 Å². The van der Waals surface area contributed by atoms with Crippen molar-refractivity contribution in [1.82, 2.24) is 5.32 Å². The predicted molar refractivity (Wildman–Crippen MR) is 350 cm³/mol. The second kappa shape index (κ2) is 56.7. The van der Waals surface area contributed by atoms with Crippen LogP contribution in [-0.2, 0) is 23.7 Å². The lowest BCUT2D eigenvalue weighted by Crippen LogP contribution is -2.65. The first-order valence-corrected chi connectivity index (χ1v) is 35.5. The van der Waals surface area contributed by atoms with Crippen molar-refractivity contribution in [2.45, 2.75) is 370 Å². The van der Waals surface area contributed by atoms with Gasteiger partial charge in [-0.25, -0.2) is 0 Å². The number of hydrogen-bond donors (Lipinski definition) is 9. The van der Waals surface area contributed by atoms with Crippen LogP contribution in [0.5, 0.6) is 0 Å². The van der Waals surface area contributed by atoms with Crippen molar-refractivity contribution >= 4 is 5.91 Å². The molecule has 502 valence electrons. The highest BCUT2D eigenvalue weighted by Gasteiger charge is 2.51. The summed E-state index contributed by atoms with van der Waals surface area (Å²) in [6.45, 7) is 2.73. The van der Waals surface area contributed by atoms with Crippen LogP contribution in [0.4, 0.5) is 0 Å². The van der Waals surface area contributed by atoms with Gasteiger partial charge in [0.05, 0.1) is 32.0 Å². The standard InChI is InChI=1S/C72H131NO13/c1-3-5-7-9-11-13-15-17-19-21-23-25-26-27-28-29-30-31-32-33-34-36-38-40-42-44-46-48-50-52-54-56-64(77)73-60(61(76)55-53-51-49-47-45-43-41-39-37-35-24-22-20-18-16-14-12-10-8-6-4-2)59-83-71-69(82)67(80)70(63(58-75)85-71)86-72-68(81)66(79)65(78)62(57-74)84-72/h5,7,11,13,17,19,23,25,53,55,60-63,65-72,74-76,78-82H,3-4,6,8-10,12,14-16,18,20-22,24,26-52,54,56-59H2,1-2H3,(H,73,77)/b7-5-,13-11-,19-17-,25-23-,55-53+. The van der Waals surface area contributed by atoms with Gasteiger partial charge in [0.25, 0.3) is 0 Å². The Kier molecular flexibility index (Phi) is 52.6. The summed E-state index contributed by atoms with van der Waals surface area (Å²) in [5.74, 6) is -0.236. The van der Waals surface area contributed by atoms with Crippen LogP contribution in [0.3, 0.4) is 0 Å². The number of amides is 1. The first-order valence-electron chi connectivity index (χ1n) is 35.5. The van der Waals surface area contributed by atoms with Crippen molar-refractivity contribution in [3.05, 3.63) is 60.8 Å². The molecule has 2 aliphatic heterocycles. The van der Waals surface area contributed by atoms with Gasteiger partial charge in [-0.3, -0.25) is 4.79 Å². The monoisotopic (exact) mass is 1220 g/mol. The van der Waals surface area contributed by atoms with E-state index in [4.69, 9.17) is 18.9 Å². The Hall–Kier alpha value is -2.31. The van der Waals surface area contributed by atoms with Crippen molar-refractivity contribution in [3.8, 4) is 0 Å². The van der Waals surface area contributed by atoms with Gasteiger partial charge in [-0.05, 0) is 57.8 Å². The van der Waals surface area contributed by atoms with Crippen LogP contribution in [0, 0.1) is 0 Å². The van der Waals surface area contributed by atoms with Crippen LogP contribution < -0.4 is 5.32 Å². The minimum atomic E-state index is -1.79. The normalized spacial score (nSPS) is 23.7. The lowest BCUT2D eigenvalue weighted by Gasteiger charge is -2.46. The molecule has 14 heteroatoms. The number of ether oxygens (including phenoxy) is 4. The number of rotatable bonds is 58.